The van der Waals surface area contributed by atoms with Crippen LogP contribution in [0.5, 0.6) is 5.75 Å². The minimum absolute atomic E-state index is 0.0188. The smallest absolute Gasteiger partial charge is 0.234 e. The summed E-state index contributed by atoms with van der Waals surface area (Å²) in [6.45, 7) is 3.85. The van der Waals surface area contributed by atoms with Crippen LogP contribution in [0.15, 0.2) is 42.5 Å². The zero-order valence-electron chi connectivity index (χ0n) is 13.5. The van der Waals surface area contributed by atoms with E-state index in [1.165, 1.54) is 17.8 Å². The standard InChI is InChI=1S/C18H19ClFNO2S/c1-12(2)23-17-6-4-3-5-16(17)21-18(22)11-24-10-13-7-8-14(19)9-15(13)20/h3-9,12H,10-11H2,1-2H3,(H,21,22). The number of hydrogen-bond acceptors (Lipinski definition) is 3. The predicted octanol–water partition coefficient (Wildman–Crippen LogP) is 5.14. The lowest BCUT2D eigenvalue weighted by molar-refractivity contribution is -0.113. The van der Waals surface area contributed by atoms with Gasteiger partial charge in [0.2, 0.25) is 5.91 Å². The maximum Gasteiger partial charge on any atom is 0.234 e. The first-order chi connectivity index (χ1) is 11.5. The third-order valence-corrected chi connectivity index (χ3v) is 4.25. The van der Waals surface area contributed by atoms with Gasteiger partial charge in [-0.15, -0.1) is 11.8 Å². The molecule has 2 aromatic carbocycles. The van der Waals surface area contributed by atoms with Crippen LogP contribution >= 0.6 is 23.4 Å². The maximum atomic E-state index is 13.7. The van der Waals surface area contributed by atoms with E-state index in [9.17, 15) is 9.18 Å². The van der Waals surface area contributed by atoms with Crippen LogP contribution in [0, 0.1) is 5.82 Å². The zero-order valence-corrected chi connectivity index (χ0v) is 15.1. The quantitative estimate of drug-likeness (QED) is 0.736. The van der Waals surface area contributed by atoms with Gasteiger partial charge >= 0.3 is 0 Å². The van der Waals surface area contributed by atoms with Gasteiger partial charge in [-0.2, -0.15) is 0 Å². The summed E-state index contributed by atoms with van der Waals surface area (Å²) in [5.41, 5.74) is 1.16. The molecule has 0 aromatic heterocycles. The summed E-state index contributed by atoms with van der Waals surface area (Å²) in [6, 6.07) is 11.8. The molecule has 2 aromatic rings. The summed E-state index contributed by atoms with van der Waals surface area (Å²) in [7, 11) is 0. The molecule has 1 amide bonds. The zero-order chi connectivity index (χ0) is 17.5. The number of anilines is 1. The average molecular weight is 368 g/mol. The Morgan fingerprint density at radius 3 is 2.75 bits per heavy atom. The molecule has 1 N–H and O–H groups in total. The molecule has 128 valence electrons. The molecular formula is C18H19ClFNO2S. The van der Waals surface area contributed by atoms with Gasteiger partial charge in [-0.1, -0.05) is 29.8 Å². The summed E-state index contributed by atoms with van der Waals surface area (Å²) >= 11 is 7.06. The third kappa shape index (κ3) is 5.73. The minimum Gasteiger partial charge on any atom is -0.489 e. The first-order valence-electron chi connectivity index (χ1n) is 7.53. The van der Waals surface area contributed by atoms with Gasteiger partial charge in [-0.05, 0) is 43.7 Å². The summed E-state index contributed by atoms with van der Waals surface area (Å²) in [4.78, 5) is 12.1. The SMILES string of the molecule is CC(C)Oc1ccccc1NC(=O)CSCc1ccc(Cl)cc1F. The van der Waals surface area contributed by atoms with Crippen LogP contribution < -0.4 is 10.1 Å². The second-order valence-electron chi connectivity index (χ2n) is 5.44. The molecular weight excluding hydrogens is 349 g/mol. The van der Waals surface area contributed by atoms with E-state index in [0.717, 1.165) is 0 Å². The first-order valence-corrected chi connectivity index (χ1v) is 9.06. The Morgan fingerprint density at radius 1 is 1.29 bits per heavy atom. The summed E-state index contributed by atoms with van der Waals surface area (Å²) in [5.74, 6) is 0.744. The fourth-order valence-electron chi connectivity index (χ4n) is 2.01. The summed E-state index contributed by atoms with van der Waals surface area (Å²) in [5, 5.41) is 3.19. The Labute approximate surface area is 150 Å². The number of thioether (sulfide) groups is 1. The Morgan fingerprint density at radius 2 is 2.04 bits per heavy atom. The first kappa shape index (κ1) is 18.6. The van der Waals surface area contributed by atoms with Crippen molar-refractivity contribution >= 4 is 35.0 Å². The van der Waals surface area contributed by atoms with Crippen molar-refractivity contribution in [1.29, 1.82) is 0 Å². The van der Waals surface area contributed by atoms with Crippen LogP contribution in [0.2, 0.25) is 5.02 Å². The second kappa shape index (κ2) is 8.94. The minimum atomic E-state index is -0.355. The van der Waals surface area contributed by atoms with Crippen molar-refractivity contribution in [3.63, 3.8) is 0 Å². The molecule has 6 heteroatoms. The van der Waals surface area contributed by atoms with Gasteiger partial charge in [-0.25, -0.2) is 4.39 Å². The lowest BCUT2D eigenvalue weighted by atomic mass is 10.2. The number of hydrogen-bond donors (Lipinski definition) is 1. The third-order valence-electron chi connectivity index (χ3n) is 3.03. The number of amides is 1. The highest BCUT2D eigenvalue weighted by molar-refractivity contribution is 7.99. The molecule has 0 aliphatic rings. The number of ether oxygens (including phenoxy) is 1. The van der Waals surface area contributed by atoms with E-state index in [0.29, 0.717) is 27.8 Å². The lowest BCUT2D eigenvalue weighted by Crippen LogP contribution is -2.16. The van der Waals surface area contributed by atoms with E-state index in [2.05, 4.69) is 5.32 Å². The number of nitrogens with one attached hydrogen (secondary N) is 1. The topological polar surface area (TPSA) is 38.3 Å². The van der Waals surface area contributed by atoms with Crippen molar-refractivity contribution < 1.29 is 13.9 Å². The number of carbonyl (C=O) groups is 1. The lowest BCUT2D eigenvalue weighted by Gasteiger charge is -2.14. The fourth-order valence-corrected chi connectivity index (χ4v) is 2.98. The average Bonchev–Trinajstić information content (AvgIpc) is 2.51. The molecule has 0 saturated carbocycles. The molecule has 0 saturated heterocycles. The molecule has 0 atom stereocenters. The van der Waals surface area contributed by atoms with Gasteiger partial charge in [0, 0.05) is 10.8 Å². The molecule has 0 radical (unpaired) electrons. The summed E-state index contributed by atoms with van der Waals surface area (Å²) in [6.07, 6.45) is 0.0188. The number of carbonyl (C=O) groups excluding carboxylic acids is 1. The Hall–Kier alpha value is -1.72. The molecule has 2 rings (SSSR count). The van der Waals surface area contributed by atoms with E-state index in [4.69, 9.17) is 16.3 Å². The van der Waals surface area contributed by atoms with Crippen LogP contribution in [0.25, 0.3) is 0 Å². The van der Waals surface area contributed by atoms with Gasteiger partial charge in [-0.3, -0.25) is 4.79 Å². The van der Waals surface area contributed by atoms with Crippen molar-refractivity contribution in [2.75, 3.05) is 11.1 Å². The van der Waals surface area contributed by atoms with Gasteiger partial charge in [0.25, 0.3) is 0 Å². The van der Waals surface area contributed by atoms with Crippen LogP contribution in [0.1, 0.15) is 19.4 Å². The number of benzene rings is 2. The van der Waals surface area contributed by atoms with Crippen LogP contribution in [0.4, 0.5) is 10.1 Å². The van der Waals surface area contributed by atoms with Crippen LogP contribution in [-0.2, 0) is 10.5 Å². The van der Waals surface area contributed by atoms with Crippen molar-refractivity contribution in [2.24, 2.45) is 0 Å². The van der Waals surface area contributed by atoms with Crippen molar-refractivity contribution in [3.8, 4) is 5.75 Å². The Bertz CT molecular complexity index is 709. The highest BCUT2D eigenvalue weighted by Crippen LogP contribution is 2.25. The molecule has 0 aliphatic heterocycles. The molecule has 0 bridgehead atoms. The highest BCUT2D eigenvalue weighted by Gasteiger charge is 2.10. The van der Waals surface area contributed by atoms with E-state index in [1.54, 1.807) is 18.2 Å². The Kier molecular flexibility index (Phi) is 6.94. The van der Waals surface area contributed by atoms with Crippen molar-refractivity contribution in [3.05, 3.63) is 58.9 Å². The molecule has 0 unspecified atom stereocenters. The highest BCUT2D eigenvalue weighted by atomic mass is 35.5. The fraction of sp³-hybridized carbons (Fsp3) is 0.278. The number of para-hydroxylation sites is 2. The Balaban J connectivity index is 1.87. The second-order valence-corrected chi connectivity index (χ2v) is 6.86. The molecule has 0 spiro atoms. The number of halogens is 2. The maximum absolute atomic E-state index is 13.7. The summed E-state index contributed by atoms with van der Waals surface area (Å²) < 4.78 is 19.3. The number of rotatable bonds is 7. The predicted molar refractivity (Wildman–Crippen MR) is 98.4 cm³/mol. The van der Waals surface area contributed by atoms with Gasteiger partial charge in [0.05, 0.1) is 17.5 Å². The van der Waals surface area contributed by atoms with E-state index in [1.807, 2.05) is 32.0 Å². The molecule has 0 aliphatic carbocycles. The van der Waals surface area contributed by atoms with Gasteiger partial charge < -0.3 is 10.1 Å². The van der Waals surface area contributed by atoms with E-state index in [-0.39, 0.29) is 23.6 Å². The van der Waals surface area contributed by atoms with Crippen LogP contribution in [0.3, 0.4) is 0 Å². The van der Waals surface area contributed by atoms with Gasteiger partial charge in [0.15, 0.2) is 0 Å². The normalized spacial score (nSPS) is 10.7. The van der Waals surface area contributed by atoms with Gasteiger partial charge in [0.1, 0.15) is 11.6 Å². The van der Waals surface area contributed by atoms with E-state index < -0.39 is 0 Å². The monoisotopic (exact) mass is 367 g/mol. The molecule has 3 nitrogen and oxygen atoms in total. The van der Waals surface area contributed by atoms with E-state index >= 15 is 0 Å². The van der Waals surface area contributed by atoms with Crippen molar-refractivity contribution in [1.82, 2.24) is 0 Å². The molecule has 0 fully saturated rings. The molecule has 0 heterocycles. The molecule has 24 heavy (non-hydrogen) atoms. The largest absolute Gasteiger partial charge is 0.489 e. The van der Waals surface area contributed by atoms with Crippen molar-refractivity contribution in [2.45, 2.75) is 25.7 Å². The van der Waals surface area contributed by atoms with Crippen LogP contribution in [-0.4, -0.2) is 17.8 Å².